The topological polar surface area (TPSA) is 417 Å². The first kappa shape index (κ1) is 90.7. The van der Waals surface area contributed by atoms with E-state index in [0.717, 1.165) is 56.5 Å². The first-order chi connectivity index (χ1) is 46.0. The summed E-state index contributed by atoms with van der Waals surface area (Å²) in [5.74, 6) is 0.776. The van der Waals surface area contributed by atoms with Crippen LogP contribution in [0.1, 0.15) is 189 Å². The minimum absolute atomic E-state index is 0.0215. The number of carboxylic acid groups (broad SMARTS) is 2. The van der Waals surface area contributed by atoms with Crippen molar-refractivity contribution in [3.63, 3.8) is 0 Å². The molecule has 0 radical (unpaired) electrons. The number of unbranched alkanes of at least 4 members (excludes halogenated alkanes) is 7. The summed E-state index contributed by atoms with van der Waals surface area (Å²) in [5.41, 5.74) is 2.40. The third-order valence-electron chi connectivity index (χ3n) is 15.9. The first-order valence-electron chi connectivity index (χ1n) is 34.5. The number of aliphatic carboxylic acids is 1. The van der Waals surface area contributed by atoms with E-state index in [1.165, 1.54) is 11.8 Å². The van der Waals surface area contributed by atoms with Gasteiger partial charge in [0, 0.05) is 70.7 Å². The monoisotopic (exact) mass is 1400 g/mol. The number of hydrazine groups is 1. The van der Waals surface area contributed by atoms with Gasteiger partial charge in [0.25, 0.3) is 0 Å². The number of Topliss-reactive ketones (excluding diaryl/α,β-unsaturated/α-hetero) is 4. The molecule has 28 nitrogen and oxygen atoms in total. The van der Waals surface area contributed by atoms with Crippen LogP contribution in [0, 0.1) is 17.8 Å². The minimum atomic E-state index is -1.48. The van der Waals surface area contributed by atoms with Crippen molar-refractivity contribution >= 4 is 94.2 Å². The Labute approximate surface area is 578 Å². The molecule has 0 fully saturated rings. The zero-order valence-electron chi connectivity index (χ0n) is 58.7. The quantitative estimate of drug-likeness (QED) is 0.0175. The molecule has 13 N–H and O–H groups in total. The van der Waals surface area contributed by atoms with Gasteiger partial charge in [0.2, 0.25) is 47.0 Å². The van der Waals surface area contributed by atoms with E-state index >= 15 is 0 Å². The maximum atomic E-state index is 14.0. The molecule has 7 amide bonds. The van der Waals surface area contributed by atoms with Gasteiger partial charge in [0.1, 0.15) is 37.1 Å². The van der Waals surface area contributed by atoms with E-state index in [-0.39, 0.29) is 74.8 Å². The Balaban J connectivity index is 4.58. The number of thioether (sulfide) groups is 2. The lowest BCUT2D eigenvalue weighted by Gasteiger charge is -2.29. The van der Waals surface area contributed by atoms with Crippen LogP contribution in [0.5, 0.6) is 0 Å². The molecule has 3 unspecified atom stereocenters. The van der Waals surface area contributed by atoms with E-state index in [1.54, 1.807) is 45.8 Å². The van der Waals surface area contributed by atoms with Crippen molar-refractivity contribution < 1.29 is 86.7 Å². The lowest BCUT2D eigenvalue weighted by atomic mass is 9.87. The Morgan fingerprint density at radius 3 is 1.55 bits per heavy atom. The van der Waals surface area contributed by atoms with Gasteiger partial charge in [-0.3, -0.25) is 58.6 Å². The summed E-state index contributed by atoms with van der Waals surface area (Å²) in [6, 6.07) is -6.83. The molecule has 0 rings (SSSR count). The molecule has 0 aromatic rings. The van der Waals surface area contributed by atoms with Gasteiger partial charge in [-0.15, -0.1) is 0 Å². The Morgan fingerprint density at radius 2 is 0.958 bits per heavy atom. The number of ketones is 4. The fourth-order valence-corrected chi connectivity index (χ4v) is 11.0. The zero-order chi connectivity index (χ0) is 71.9. The molecule has 0 spiro atoms. The Kier molecular flexibility index (Phi) is 55.3. The van der Waals surface area contributed by atoms with Crippen molar-refractivity contribution in [2.75, 3.05) is 103 Å². The lowest BCUT2D eigenvalue weighted by Crippen LogP contribution is -2.60. The fourth-order valence-electron chi connectivity index (χ4n) is 9.72. The molecule has 0 aliphatic carbocycles. The van der Waals surface area contributed by atoms with Gasteiger partial charge in [-0.2, -0.15) is 23.5 Å². The number of nitrogens with one attached hydrogen (secondary N) is 9. The number of rotatable bonds is 65. The van der Waals surface area contributed by atoms with Gasteiger partial charge >= 0.3 is 12.1 Å². The van der Waals surface area contributed by atoms with Crippen molar-refractivity contribution in [1.29, 1.82) is 0 Å². The number of hydrogen-bond acceptors (Lipinski definition) is 21. The average molecular weight is 1410 g/mol. The van der Waals surface area contributed by atoms with E-state index in [1.807, 2.05) is 20.8 Å². The molecule has 0 aromatic carbocycles. The normalized spacial score (nSPS) is 13.8. The van der Waals surface area contributed by atoms with Gasteiger partial charge in [-0.05, 0) is 126 Å². The third-order valence-corrected chi connectivity index (χ3v) is 17.6. The Morgan fingerprint density at radius 1 is 0.448 bits per heavy atom. The molecule has 30 heteroatoms. The van der Waals surface area contributed by atoms with Gasteiger partial charge in [0.05, 0.1) is 44.6 Å². The van der Waals surface area contributed by atoms with Gasteiger partial charge in [-0.1, -0.05) is 73.6 Å². The molecule has 0 aliphatic rings. The fraction of sp³-hybridized carbons (Fsp3) is 0.818. The molecule has 0 bridgehead atoms. The zero-order valence-corrected chi connectivity index (χ0v) is 60.3. The van der Waals surface area contributed by atoms with Crippen LogP contribution in [-0.2, 0) is 71.7 Å². The summed E-state index contributed by atoms with van der Waals surface area (Å²) >= 11 is 3.13. The van der Waals surface area contributed by atoms with Gasteiger partial charge in [0.15, 0.2) is 5.78 Å². The Hall–Kier alpha value is -5.34. The van der Waals surface area contributed by atoms with Crippen LogP contribution < -0.4 is 53.8 Å². The van der Waals surface area contributed by atoms with Crippen LogP contribution in [0.15, 0.2) is 0 Å². The second-order valence-corrected chi connectivity index (χ2v) is 26.7. The first-order valence-corrected chi connectivity index (χ1v) is 37.1. The standard InChI is InChI=1S/C66H120N10O18S2/c1-9-47(5)58(60(83)61(84)59(76-67)48(6)10-2)75-64(87)52(28-29-57(81)82)72-63(86)53(30-41-95-8)73-65(88)54(43-46(3)4)74-62(85)51(68-7)26-15-18-31-70-56(80)45-94-44-50(78)24-17-20-35-92-37-39-93-38-36-91-34-19-16-23-49(77)25-22-32-69-55(79)27-14-12-11-13-21-40-96-42-33-71-66(89)90/h46-48,51-54,58-59,68,71,76H,9-45,67H2,1-8H3,(H,69,79)(H,70,80)(H,72,86)(H,73,88)(H,74,85)(H,75,87)(H,81,82)(H,89,90)/t47-,48-,51?,52?,53-,54?,58-,59-/m0/s1. The number of amides is 7. The van der Waals surface area contributed by atoms with E-state index < -0.39 is 102 Å². The van der Waals surface area contributed by atoms with Crippen LogP contribution in [0.4, 0.5) is 4.79 Å². The smallest absolute Gasteiger partial charge is 0.404 e. The van der Waals surface area contributed by atoms with Crippen molar-refractivity contribution in [3.05, 3.63) is 0 Å². The molecule has 0 aliphatic heterocycles. The maximum Gasteiger partial charge on any atom is 0.404 e. The van der Waals surface area contributed by atoms with E-state index in [0.29, 0.717) is 129 Å². The van der Waals surface area contributed by atoms with Crippen molar-refractivity contribution in [2.24, 2.45) is 23.6 Å². The van der Waals surface area contributed by atoms with Crippen LogP contribution in [0.3, 0.4) is 0 Å². The highest BCUT2D eigenvalue weighted by Crippen LogP contribution is 2.17. The number of ether oxygens (including phenoxy) is 4. The summed E-state index contributed by atoms with van der Waals surface area (Å²) in [7, 11) is 1.60. The summed E-state index contributed by atoms with van der Waals surface area (Å²) in [4.78, 5) is 154. The maximum absolute atomic E-state index is 14.0. The van der Waals surface area contributed by atoms with Crippen LogP contribution in [-0.4, -0.2) is 220 Å². The molecule has 554 valence electrons. The molecule has 8 atom stereocenters. The van der Waals surface area contributed by atoms with E-state index in [2.05, 4.69) is 48.0 Å². The highest BCUT2D eigenvalue weighted by Gasteiger charge is 2.38. The highest BCUT2D eigenvalue weighted by molar-refractivity contribution is 7.99. The Bertz CT molecular complexity index is 2260. The number of hydrogen-bond donors (Lipinski definition) is 12. The van der Waals surface area contributed by atoms with E-state index in [4.69, 9.17) is 29.9 Å². The van der Waals surface area contributed by atoms with Crippen LogP contribution >= 0.6 is 23.5 Å². The number of carbonyl (C=O) groups excluding carboxylic acids is 10. The summed E-state index contributed by atoms with van der Waals surface area (Å²) in [5, 5.41) is 39.8. The molecular weight excluding hydrogens is 1280 g/mol. The molecular formula is C66H120N10O18S2. The van der Waals surface area contributed by atoms with Crippen LogP contribution in [0.25, 0.3) is 0 Å². The van der Waals surface area contributed by atoms with Gasteiger partial charge < -0.3 is 71.7 Å². The number of nitrogens with two attached hydrogens (primary N) is 1. The predicted octanol–water partition coefficient (Wildman–Crippen LogP) is 4.31. The summed E-state index contributed by atoms with van der Waals surface area (Å²) < 4.78 is 22.1. The largest absolute Gasteiger partial charge is 0.481 e. The average Bonchev–Trinajstić information content (AvgIpc) is 0.849. The second-order valence-electron chi connectivity index (χ2n) is 24.5. The van der Waals surface area contributed by atoms with Crippen molar-refractivity contribution in [2.45, 2.75) is 225 Å². The SMILES string of the molecule is CC[C@H](C)[C@H](NN)C(=O)C(=O)[C@@H](NC(=O)C(CCC(=O)O)NC(=O)[C@H](CCSC)NC(=O)C(CC(C)C)NC(=O)C(CCCCNC(=O)COCC(=O)CCCCOCCOCCOCCCCC(=O)CCCNC(=O)CCCCCCCSCCNC(=O)O)NC)[C@@H](C)CC. The van der Waals surface area contributed by atoms with Crippen molar-refractivity contribution in [3.8, 4) is 0 Å². The van der Waals surface area contributed by atoms with E-state index in [9.17, 15) is 62.6 Å². The molecule has 0 aromatic heterocycles. The van der Waals surface area contributed by atoms with Crippen LogP contribution in [0.2, 0.25) is 0 Å². The summed E-state index contributed by atoms with van der Waals surface area (Å²) in [6.07, 6.45) is 12.7. The molecule has 0 heterocycles. The number of carbonyl (C=O) groups is 12. The molecule has 0 saturated heterocycles. The van der Waals surface area contributed by atoms with Gasteiger partial charge in [-0.25, -0.2) is 10.2 Å². The highest BCUT2D eigenvalue weighted by atomic mass is 32.2. The minimum Gasteiger partial charge on any atom is -0.481 e. The number of likely N-dealkylation sites (N-methyl/N-ethyl adjacent to an activating group) is 1. The van der Waals surface area contributed by atoms with Crippen molar-refractivity contribution in [1.82, 2.24) is 48.0 Å². The third kappa shape index (κ3) is 46.8. The summed E-state index contributed by atoms with van der Waals surface area (Å²) in [6.45, 7) is 14.1. The molecule has 96 heavy (non-hydrogen) atoms. The lowest BCUT2D eigenvalue weighted by molar-refractivity contribution is -0.142. The predicted molar refractivity (Wildman–Crippen MR) is 371 cm³/mol. The number of carboxylic acids is 1. The second kappa shape index (κ2) is 58.6. The molecule has 0 saturated carbocycles.